The monoisotopic (exact) mass is 312 g/mol. The Labute approximate surface area is 137 Å². The average Bonchev–Trinajstić information content (AvgIpc) is 3.09. The van der Waals surface area contributed by atoms with Crippen molar-refractivity contribution in [1.82, 2.24) is 14.7 Å². The van der Waals surface area contributed by atoms with Crippen LogP contribution in [0.3, 0.4) is 0 Å². The van der Waals surface area contributed by atoms with Crippen molar-refractivity contribution in [3.05, 3.63) is 46.6 Å². The molecular weight excluding hydrogens is 288 g/mol. The van der Waals surface area contributed by atoms with Crippen LogP contribution >= 0.6 is 0 Å². The average molecular weight is 312 g/mol. The summed E-state index contributed by atoms with van der Waals surface area (Å²) in [5.41, 5.74) is 4.84. The van der Waals surface area contributed by atoms with E-state index in [1.807, 2.05) is 24.9 Å². The van der Waals surface area contributed by atoms with Gasteiger partial charge in [0.2, 0.25) is 0 Å². The molecule has 0 radical (unpaired) electrons. The normalized spacial score (nSPS) is 17.6. The topological polar surface area (TPSA) is 50.2 Å². The second-order valence-electron chi connectivity index (χ2n) is 6.37. The summed E-state index contributed by atoms with van der Waals surface area (Å²) in [5.74, 6) is 0.613. The standard InChI is InChI=1S/C18H24N4O/c1-12-7-5-8-15(14(12)3)16-9-6-10-22(16)18(23)19-17-11-13(2)21(4)20-17/h5,7-8,11,16H,6,9-10H2,1-4H3,(H,19,20,23). The minimum absolute atomic E-state index is 0.0634. The molecule has 23 heavy (non-hydrogen) atoms. The number of hydrogen-bond donors (Lipinski definition) is 1. The number of rotatable bonds is 2. The van der Waals surface area contributed by atoms with Gasteiger partial charge in [-0.25, -0.2) is 4.79 Å². The Morgan fingerprint density at radius 2 is 2.09 bits per heavy atom. The molecule has 1 aromatic heterocycles. The van der Waals surface area contributed by atoms with Crippen LogP contribution in [0.1, 0.15) is 41.3 Å². The Hall–Kier alpha value is -2.30. The van der Waals surface area contributed by atoms with Crippen molar-refractivity contribution in [2.75, 3.05) is 11.9 Å². The number of anilines is 1. The number of aromatic nitrogens is 2. The molecule has 1 fully saturated rings. The Morgan fingerprint density at radius 3 is 2.78 bits per heavy atom. The van der Waals surface area contributed by atoms with Crippen molar-refractivity contribution >= 4 is 11.8 Å². The lowest BCUT2D eigenvalue weighted by Gasteiger charge is -2.26. The highest BCUT2D eigenvalue weighted by Crippen LogP contribution is 2.34. The van der Waals surface area contributed by atoms with Crippen LogP contribution < -0.4 is 5.32 Å². The summed E-state index contributed by atoms with van der Waals surface area (Å²) in [5, 5.41) is 7.24. The minimum atomic E-state index is -0.0634. The van der Waals surface area contributed by atoms with E-state index in [1.165, 1.54) is 16.7 Å². The molecule has 0 spiro atoms. The number of aryl methyl sites for hydroxylation is 3. The summed E-state index contributed by atoms with van der Waals surface area (Å²) in [6, 6.07) is 8.32. The summed E-state index contributed by atoms with van der Waals surface area (Å²) in [7, 11) is 1.87. The van der Waals surface area contributed by atoms with Crippen LogP contribution in [0.2, 0.25) is 0 Å². The second kappa shape index (κ2) is 6.07. The maximum Gasteiger partial charge on any atom is 0.323 e. The lowest BCUT2D eigenvalue weighted by Crippen LogP contribution is -2.34. The zero-order valence-corrected chi connectivity index (χ0v) is 14.3. The number of hydrogen-bond acceptors (Lipinski definition) is 2. The van der Waals surface area contributed by atoms with Crippen LogP contribution in [0.15, 0.2) is 24.3 Å². The predicted molar refractivity (Wildman–Crippen MR) is 91.6 cm³/mol. The third kappa shape index (κ3) is 2.96. The number of benzene rings is 1. The van der Waals surface area contributed by atoms with Gasteiger partial charge in [0.15, 0.2) is 5.82 Å². The molecule has 1 atom stereocenters. The molecule has 5 heteroatoms. The van der Waals surface area contributed by atoms with Crippen LogP contribution in [0, 0.1) is 20.8 Å². The largest absolute Gasteiger partial charge is 0.323 e. The number of nitrogens with zero attached hydrogens (tertiary/aromatic N) is 3. The molecule has 2 heterocycles. The summed E-state index contributed by atoms with van der Waals surface area (Å²) in [6.45, 7) is 7.02. The molecular formula is C18H24N4O. The Balaban J connectivity index is 1.81. The van der Waals surface area contributed by atoms with Crippen LogP contribution in [0.4, 0.5) is 10.6 Å². The van der Waals surface area contributed by atoms with E-state index in [1.54, 1.807) is 4.68 Å². The first-order valence-electron chi connectivity index (χ1n) is 8.11. The van der Waals surface area contributed by atoms with Gasteiger partial charge in [-0.3, -0.25) is 10.00 Å². The number of urea groups is 1. The number of likely N-dealkylation sites (tertiary alicyclic amines) is 1. The van der Waals surface area contributed by atoms with E-state index in [2.05, 4.69) is 42.5 Å². The molecule has 0 saturated carbocycles. The highest BCUT2D eigenvalue weighted by molar-refractivity contribution is 5.88. The number of carbonyl (C=O) groups is 1. The molecule has 5 nitrogen and oxygen atoms in total. The van der Waals surface area contributed by atoms with Crippen molar-refractivity contribution in [3.8, 4) is 0 Å². The van der Waals surface area contributed by atoms with Gasteiger partial charge in [-0.05, 0) is 50.3 Å². The van der Waals surface area contributed by atoms with Gasteiger partial charge in [0, 0.05) is 25.4 Å². The lowest BCUT2D eigenvalue weighted by molar-refractivity contribution is 0.207. The van der Waals surface area contributed by atoms with E-state index in [-0.39, 0.29) is 12.1 Å². The van der Waals surface area contributed by atoms with Gasteiger partial charge in [-0.1, -0.05) is 18.2 Å². The first kappa shape index (κ1) is 15.6. The number of carbonyl (C=O) groups excluding carboxylic acids is 1. The van der Waals surface area contributed by atoms with Crippen LogP contribution in [-0.4, -0.2) is 27.3 Å². The van der Waals surface area contributed by atoms with Gasteiger partial charge < -0.3 is 4.90 Å². The van der Waals surface area contributed by atoms with Gasteiger partial charge in [-0.15, -0.1) is 0 Å². The minimum Gasteiger partial charge on any atom is -0.317 e. The molecule has 0 aliphatic carbocycles. The molecule has 1 unspecified atom stereocenters. The third-order valence-electron chi connectivity index (χ3n) is 4.87. The zero-order valence-electron chi connectivity index (χ0n) is 14.3. The molecule has 1 N–H and O–H groups in total. The Morgan fingerprint density at radius 1 is 1.30 bits per heavy atom. The van der Waals surface area contributed by atoms with Gasteiger partial charge in [0.25, 0.3) is 0 Å². The molecule has 122 valence electrons. The predicted octanol–water partition coefficient (Wildman–Crippen LogP) is 3.71. The summed E-state index contributed by atoms with van der Waals surface area (Å²) in [4.78, 5) is 14.6. The Kier molecular flexibility index (Phi) is 4.11. The molecule has 2 amide bonds. The zero-order chi connectivity index (χ0) is 16.6. The fourth-order valence-electron chi connectivity index (χ4n) is 3.27. The highest BCUT2D eigenvalue weighted by atomic mass is 16.2. The lowest BCUT2D eigenvalue weighted by atomic mass is 9.96. The van der Waals surface area contributed by atoms with E-state index >= 15 is 0 Å². The molecule has 1 aromatic carbocycles. The maximum absolute atomic E-state index is 12.7. The van der Waals surface area contributed by atoms with Gasteiger partial charge in [0.05, 0.1) is 6.04 Å². The maximum atomic E-state index is 12.7. The van der Waals surface area contributed by atoms with Crippen LogP contribution in [0.5, 0.6) is 0 Å². The Bertz CT molecular complexity index is 715. The number of amides is 2. The van der Waals surface area contributed by atoms with Crippen molar-refractivity contribution in [2.24, 2.45) is 7.05 Å². The fraction of sp³-hybridized carbons (Fsp3) is 0.444. The van der Waals surface area contributed by atoms with Crippen molar-refractivity contribution in [3.63, 3.8) is 0 Å². The molecule has 1 aliphatic rings. The molecule has 3 rings (SSSR count). The first-order chi connectivity index (χ1) is 11.0. The smallest absolute Gasteiger partial charge is 0.317 e. The van der Waals surface area contributed by atoms with Gasteiger partial charge >= 0.3 is 6.03 Å². The van der Waals surface area contributed by atoms with Crippen LogP contribution in [-0.2, 0) is 7.05 Å². The van der Waals surface area contributed by atoms with Crippen molar-refractivity contribution in [2.45, 2.75) is 39.7 Å². The van der Waals surface area contributed by atoms with Gasteiger partial charge in [0.1, 0.15) is 0 Å². The van der Waals surface area contributed by atoms with Crippen molar-refractivity contribution < 1.29 is 4.79 Å². The summed E-state index contributed by atoms with van der Waals surface area (Å²) < 4.78 is 1.77. The molecule has 1 aliphatic heterocycles. The molecule has 0 bridgehead atoms. The van der Waals surface area contributed by atoms with E-state index in [4.69, 9.17) is 0 Å². The van der Waals surface area contributed by atoms with E-state index < -0.39 is 0 Å². The van der Waals surface area contributed by atoms with Crippen molar-refractivity contribution in [1.29, 1.82) is 0 Å². The van der Waals surface area contributed by atoms with E-state index in [0.29, 0.717) is 5.82 Å². The highest BCUT2D eigenvalue weighted by Gasteiger charge is 2.31. The summed E-state index contributed by atoms with van der Waals surface area (Å²) >= 11 is 0. The second-order valence-corrected chi connectivity index (χ2v) is 6.37. The van der Waals surface area contributed by atoms with E-state index in [9.17, 15) is 4.79 Å². The van der Waals surface area contributed by atoms with Gasteiger partial charge in [-0.2, -0.15) is 5.10 Å². The van der Waals surface area contributed by atoms with E-state index in [0.717, 1.165) is 25.1 Å². The first-order valence-corrected chi connectivity index (χ1v) is 8.11. The quantitative estimate of drug-likeness (QED) is 0.919. The SMILES string of the molecule is Cc1cccc(C2CCCN2C(=O)Nc2cc(C)n(C)n2)c1C. The fourth-order valence-corrected chi connectivity index (χ4v) is 3.27. The summed E-state index contributed by atoms with van der Waals surface area (Å²) in [6.07, 6.45) is 2.05. The third-order valence-corrected chi connectivity index (χ3v) is 4.87. The number of nitrogens with one attached hydrogen (secondary N) is 1. The molecule has 2 aromatic rings. The van der Waals surface area contributed by atoms with Crippen LogP contribution in [0.25, 0.3) is 0 Å². The molecule has 1 saturated heterocycles.